The van der Waals surface area contributed by atoms with Crippen molar-refractivity contribution in [3.63, 3.8) is 0 Å². The molecule has 0 atom stereocenters. The van der Waals surface area contributed by atoms with Crippen LogP contribution in [-0.4, -0.2) is 9.97 Å². The quantitative estimate of drug-likeness (QED) is 0.207. The molecule has 0 spiro atoms. The lowest BCUT2D eigenvalue weighted by molar-refractivity contribution is 1.47. The highest BCUT2D eigenvalue weighted by Crippen LogP contribution is 2.36. The topological polar surface area (TPSA) is 25.8 Å². The lowest BCUT2D eigenvalue weighted by atomic mass is 10.00. The fourth-order valence-corrected chi connectivity index (χ4v) is 5.16. The van der Waals surface area contributed by atoms with Gasteiger partial charge in [0.1, 0.15) is 0 Å². The maximum absolute atomic E-state index is 4.85. The van der Waals surface area contributed by atoms with Gasteiger partial charge >= 0.3 is 0 Å². The summed E-state index contributed by atoms with van der Waals surface area (Å²) >= 11 is 7.49. The van der Waals surface area contributed by atoms with Crippen molar-refractivity contribution in [2.75, 3.05) is 0 Å². The molecule has 0 radical (unpaired) electrons. The lowest BCUT2D eigenvalue weighted by Gasteiger charge is -2.10. The van der Waals surface area contributed by atoms with Crippen LogP contribution in [0.15, 0.2) is 93.9 Å². The Morgan fingerprint density at radius 1 is 0.467 bits per heavy atom. The van der Waals surface area contributed by atoms with Gasteiger partial charge in [-0.1, -0.05) is 36.4 Å². The molecule has 0 fully saturated rings. The van der Waals surface area contributed by atoms with Gasteiger partial charge in [-0.15, -0.1) is 0 Å². The predicted octanol–water partition coefficient (Wildman–Crippen LogP) is 8.28. The highest BCUT2D eigenvalue weighted by Gasteiger charge is 2.11. The van der Waals surface area contributed by atoms with Gasteiger partial charge in [0, 0.05) is 30.5 Å². The Labute approximate surface area is 189 Å². The molecule has 2 heterocycles. The minimum Gasteiger partial charge on any atom is -0.247 e. The largest absolute Gasteiger partial charge is 0.247 e. The number of pyridine rings is 2. The first-order chi connectivity index (χ1) is 14.7. The average molecular weight is 514 g/mol. The number of hydrogen-bond acceptors (Lipinski definition) is 2. The second kappa shape index (κ2) is 6.86. The van der Waals surface area contributed by atoms with Crippen molar-refractivity contribution in [3.8, 4) is 11.1 Å². The number of aromatic nitrogens is 2. The van der Waals surface area contributed by atoms with Gasteiger partial charge in [-0.3, -0.25) is 0 Å². The van der Waals surface area contributed by atoms with Crippen molar-refractivity contribution in [1.82, 2.24) is 9.97 Å². The van der Waals surface area contributed by atoms with E-state index >= 15 is 0 Å². The van der Waals surface area contributed by atoms with E-state index in [-0.39, 0.29) is 0 Å². The highest BCUT2D eigenvalue weighted by molar-refractivity contribution is 9.11. The van der Waals surface area contributed by atoms with Gasteiger partial charge in [-0.25, -0.2) is 9.97 Å². The van der Waals surface area contributed by atoms with Crippen molar-refractivity contribution < 1.29 is 0 Å². The van der Waals surface area contributed by atoms with Gasteiger partial charge in [0.05, 0.1) is 22.1 Å². The van der Waals surface area contributed by atoms with E-state index in [0.29, 0.717) is 0 Å². The molecule has 0 amide bonds. The van der Waals surface area contributed by atoms with Crippen LogP contribution in [0.2, 0.25) is 0 Å². The van der Waals surface area contributed by atoms with Crippen LogP contribution in [-0.2, 0) is 0 Å². The van der Waals surface area contributed by atoms with Crippen LogP contribution in [0, 0.1) is 0 Å². The molecule has 4 heteroatoms. The zero-order valence-corrected chi connectivity index (χ0v) is 18.9. The third kappa shape index (κ3) is 2.91. The van der Waals surface area contributed by atoms with Crippen molar-refractivity contribution in [2.45, 2.75) is 0 Å². The van der Waals surface area contributed by atoms with E-state index in [4.69, 9.17) is 9.97 Å². The number of nitrogens with zero attached hydrogens (tertiary/aromatic N) is 2. The van der Waals surface area contributed by atoms with Crippen LogP contribution in [0.1, 0.15) is 0 Å². The fourth-order valence-electron chi connectivity index (χ4n) is 4.03. The summed E-state index contributed by atoms with van der Waals surface area (Å²) in [6.07, 6.45) is 0. The zero-order chi connectivity index (χ0) is 20.2. The number of para-hydroxylation sites is 2. The van der Waals surface area contributed by atoms with E-state index in [1.54, 1.807) is 0 Å². The van der Waals surface area contributed by atoms with Gasteiger partial charge in [0.25, 0.3) is 0 Å². The molecule has 6 aromatic rings. The Kier molecular flexibility index (Phi) is 4.12. The number of rotatable bonds is 1. The summed E-state index contributed by atoms with van der Waals surface area (Å²) in [7, 11) is 0. The number of halogens is 2. The average Bonchev–Trinajstić information content (AvgIpc) is 2.76. The first kappa shape index (κ1) is 18.0. The summed E-state index contributed by atoms with van der Waals surface area (Å²) < 4.78 is 1.99. The summed E-state index contributed by atoms with van der Waals surface area (Å²) in [4.78, 5) is 9.70. The molecule has 6 rings (SSSR count). The smallest absolute Gasteiger partial charge is 0.0852 e. The van der Waals surface area contributed by atoms with Crippen LogP contribution in [0.25, 0.3) is 54.7 Å². The number of hydrogen-bond donors (Lipinski definition) is 0. The maximum atomic E-state index is 4.85. The molecule has 0 bridgehead atoms. The third-order valence-corrected chi connectivity index (χ3v) is 6.69. The maximum Gasteiger partial charge on any atom is 0.0852 e. The van der Waals surface area contributed by atoms with E-state index in [1.807, 2.05) is 36.4 Å². The van der Waals surface area contributed by atoms with Crippen molar-refractivity contribution in [2.24, 2.45) is 0 Å². The van der Waals surface area contributed by atoms with Gasteiger partial charge in [-0.05, 0) is 91.5 Å². The molecule has 0 aliphatic heterocycles. The molecule has 0 saturated heterocycles. The van der Waals surface area contributed by atoms with E-state index in [0.717, 1.165) is 63.7 Å². The third-order valence-electron chi connectivity index (χ3n) is 5.48. The number of benzene rings is 4. The molecule has 4 aromatic carbocycles. The summed E-state index contributed by atoms with van der Waals surface area (Å²) in [6, 6.07) is 29.6. The van der Waals surface area contributed by atoms with Crippen LogP contribution >= 0.6 is 31.9 Å². The Morgan fingerprint density at radius 3 is 1.37 bits per heavy atom. The summed E-state index contributed by atoms with van der Waals surface area (Å²) in [5, 5.41) is 4.52. The van der Waals surface area contributed by atoms with E-state index in [1.165, 1.54) is 0 Å². The lowest BCUT2D eigenvalue weighted by Crippen LogP contribution is -1.88. The molecule has 0 aliphatic rings. The first-order valence-corrected chi connectivity index (χ1v) is 11.2. The van der Waals surface area contributed by atoms with Gasteiger partial charge in [0.2, 0.25) is 0 Å². The molecule has 0 unspecified atom stereocenters. The molecule has 2 aromatic heterocycles. The Hall–Kier alpha value is -2.82. The Morgan fingerprint density at radius 2 is 0.900 bits per heavy atom. The number of fused-ring (bicyclic) bond motifs is 4. The first-order valence-electron chi connectivity index (χ1n) is 9.64. The monoisotopic (exact) mass is 512 g/mol. The zero-order valence-electron chi connectivity index (χ0n) is 15.7. The predicted molar refractivity (Wildman–Crippen MR) is 133 cm³/mol. The second-order valence-corrected chi connectivity index (χ2v) is 9.13. The molecule has 0 aliphatic carbocycles. The standard InChI is InChI=1S/C26H14Br2N2/c27-21-13-17(11-19-9-15-5-1-3-7-23(15)29-25(19)21)18-12-20-10-16-6-2-4-8-24(16)30-26(20)22(28)14-18/h1-14H. The van der Waals surface area contributed by atoms with Crippen molar-refractivity contribution in [1.29, 1.82) is 0 Å². The van der Waals surface area contributed by atoms with Gasteiger partial charge in [-0.2, -0.15) is 0 Å². The van der Waals surface area contributed by atoms with Crippen LogP contribution in [0.3, 0.4) is 0 Å². The van der Waals surface area contributed by atoms with Crippen molar-refractivity contribution in [3.05, 3.63) is 93.9 Å². The minimum atomic E-state index is 0.977. The van der Waals surface area contributed by atoms with Crippen LogP contribution in [0.4, 0.5) is 0 Å². The molecule has 0 N–H and O–H groups in total. The summed E-state index contributed by atoms with van der Waals surface area (Å²) in [5.41, 5.74) is 6.24. The molecule has 142 valence electrons. The van der Waals surface area contributed by atoms with E-state index in [9.17, 15) is 0 Å². The minimum absolute atomic E-state index is 0.977. The molecular formula is C26H14Br2N2. The van der Waals surface area contributed by atoms with Crippen LogP contribution in [0.5, 0.6) is 0 Å². The summed E-state index contributed by atoms with van der Waals surface area (Å²) in [5.74, 6) is 0. The van der Waals surface area contributed by atoms with E-state index in [2.05, 4.69) is 80.4 Å². The molecule has 2 nitrogen and oxygen atoms in total. The SMILES string of the molecule is Brc1cc(-c2cc(Br)c3nc4ccccc4cc3c2)cc2cc3ccccc3nc12. The van der Waals surface area contributed by atoms with Crippen LogP contribution < -0.4 is 0 Å². The van der Waals surface area contributed by atoms with Gasteiger partial charge in [0.15, 0.2) is 0 Å². The molecule has 30 heavy (non-hydrogen) atoms. The van der Waals surface area contributed by atoms with Crippen molar-refractivity contribution >= 4 is 75.5 Å². The highest BCUT2D eigenvalue weighted by atomic mass is 79.9. The van der Waals surface area contributed by atoms with E-state index < -0.39 is 0 Å². The Bertz CT molecular complexity index is 1500. The molecule has 0 saturated carbocycles. The normalized spacial score (nSPS) is 11.7. The fraction of sp³-hybridized carbons (Fsp3) is 0. The van der Waals surface area contributed by atoms with Gasteiger partial charge < -0.3 is 0 Å². The second-order valence-electron chi connectivity index (χ2n) is 7.42. The summed E-state index contributed by atoms with van der Waals surface area (Å²) in [6.45, 7) is 0. The Balaban J connectivity index is 1.60. The molecular weight excluding hydrogens is 500 g/mol.